The average molecular weight is 583 g/mol. The van der Waals surface area contributed by atoms with Crippen LogP contribution in [0.4, 0.5) is 16.3 Å². The van der Waals surface area contributed by atoms with E-state index in [2.05, 4.69) is 16.0 Å². The average Bonchev–Trinajstić information content (AvgIpc) is 2.86. The van der Waals surface area contributed by atoms with Gasteiger partial charge in [-0.25, -0.2) is 23.2 Å². The van der Waals surface area contributed by atoms with Crippen LogP contribution in [0.1, 0.15) is 50.4 Å². The van der Waals surface area contributed by atoms with Gasteiger partial charge in [0.1, 0.15) is 17.1 Å². The highest BCUT2D eigenvalue weighted by atomic mass is 32.2. The van der Waals surface area contributed by atoms with E-state index >= 15 is 0 Å². The van der Waals surface area contributed by atoms with Gasteiger partial charge in [-0.1, -0.05) is 18.2 Å². The van der Waals surface area contributed by atoms with E-state index in [-0.39, 0.29) is 17.0 Å². The molecule has 0 saturated carbocycles. The summed E-state index contributed by atoms with van der Waals surface area (Å²) in [6.45, 7) is 6.80. The smallest absolute Gasteiger partial charge is 0.410 e. The van der Waals surface area contributed by atoms with E-state index in [0.29, 0.717) is 50.5 Å². The Labute approximate surface area is 241 Å². The number of ether oxygens (including phenoxy) is 1. The van der Waals surface area contributed by atoms with Crippen LogP contribution in [0.25, 0.3) is 0 Å². The number of anilines is 1. The standard InChI is InChI=1S/C29H38N6O5S/c1-28(2,3)40-27(36)34-15-14-33(18-21(34)11-13-30)25-22-10-12-29(17-23(22)31-26(32-25)41(5,38)39)16-20-8-6-7-9-24(20)35(4,37)19-29/h6-9,21H,10-12,14-19H2,1-5H3/t21-,29?,35+/m0/s1. The third kappa shape index (κ3) is 5.89. The highest BCUT2D eigenvalue weighted by molar-refractivity contribution is 7.90. The molecule has 220 valence electrons. The van der Waals surface area contributed by atoms with Crippen LogP contribution in [0.2, 0.25) is 0 Å². The molecule has 1 aromatic carbocycles. The van der Waals surface area contributed by atoms with Crippen LogP contribution in [0.5, 0.6) is 0 Å². The zero-order valence-corrected chi connectivity index (χ0v) is 25.2. The monoisotopic (exact) mass is 582 g/mol. The summed E-state index contributed by atoms with van der Waals surface area (Å²) in [5, 5.41) is 23.0. The number of fused-ring (bicyclic) bond motifs is 2. The Morgan fingerprint density at radius 1 is 1.24 bits per heavy atom. The maximum absolute atomic E-state index is 13.7. The van der Waals surface area contributed by atoms with Crippen molar-refractivity contribution in [1.29, 1.82) is 5.26 Å². The molecule has 1 aromatic heterocycles. The number of para-hydroxylation sites is 1. The number of amides is 1. The summed E-state index contributed by atoms with van der Waals surface area (Å²) in [7, 11) is -2.05. The number of hydrogen-bond donors (Lipinski definition) is 0. The summed E-state index contributed by atoms with van der Waals surface area (Å²) in [5.74, 6) is 0.535. The van der Waals surface area contributed by atoms with Crippen LogP contribution < -0.4 is 9.55 Å². The summed E-state index contributed by atoms with van der Waals surface area (Å²) in [4.78, 5) is 25.6. The number of nitriles is 1. The topological polar surface area (TPSA) is 140 Å². The number of nitrogens with zero attached hydrogens (tertiary/aromatic N) is 6. The Morgan fingerprint density at radius 2 is 1.98 bits per heavy atom. The molecule has 3 atom stereocenters. The Hall–Kier alpha value is -3.27. The van der Waals surface area contributed by atoms with Gasteiger partial charge < -0.3 is 24.4 Å². The van der Waals surface area contributed by atoms with Gasteiger partial charge in [0.15, 0.2) is 0 Å². The van der Waals surface area contributed by atoms with Gasteiger partial charge in [0.25, 0.3) is 0 Å². The summed E-state index contributed by atoms with van der Waals surface area (Å²) >= 11 is 0. The minimum absolute atomic E-state index is 0.102. The lowest BCUT2D eigenvalue weighted by Gasteiger charge is -2.52. The minimum atomic E-state index is -3.73. The van der Waals surface area contributed by atoms with Crippen LogP contribution in [0.3, 0.4) is 0 Å². The minimum Gasteiger partial charge on any atom is -0.628 e. The molecular formula is C29H38N6O5S. The molecule has 1 spiro atoms. The van der Waals surface area contributed by atoms with Crippen molar-refractivity contribution in [3.05, 3.63) is 46.3 Å². The highest BCUT2D eigenvalue weighted by Crippen LogP contribution is 2.47. The van der Waals surface area contributed by atoms with Crippen LogP contribution >= 0.6 is 0 Å². The summed E-state index contributed by atoms with van der Waals surface area (Å²) in [6.07, 6.45) is 3.28. The van der Waals surface area contributed by atoms with E-state index in [0.717, 1.165) is 35.9 Å². The molecule has 0 bridgehead atoms. The lowest BCUT2D eigenvalue weighted by Crippen LogP contribution is -2.57. The molecule has 3 aliphatic rings. The molecule has 2 aliphatic heterocycles. The number of piperazine rings is 1. The van der Waals surface area contributed by atoms with E-state index in [1.165, 1.54) is 0 Å². The molecular weight excluding hydrogens is 544 g/mol. The quantitative estimate of drug-likeness (QED) is 0.303. The fraction of sp³-hybridized carbons (Fsp3) is 0.586. The van der Waals surface area contributed by atoms with Crippen LogP contribution in [-0.2, 0) is 33.8 Å². The summed E-state index contributed by atoms with van der Waals surface area (Å²) in [5.41, 5.74) is 2.31. The number of quaternary nitrogens is 1. The number of aromatic nitrogens is 2. The molecule has 1 unspecified atom stereocenters. The first kappa shape index (κ1) is 29.2. The van der Waals surface area contributed by atoms with Crippen molar-refractivity contribution >= 4 is 27.4 Å². The number of carbonyl (C=O) groups excluding carboxylic acids is 1. The number of hydrogen-bond acceptors (Lipinski definition) is 9. The fourth-order valence-corrected chi connectivity index (χ4v) is 7.17. The molecule has 1 aliphatic carbocycles. The lowest BCUT2D eigenvalue weighted by atomic mass is 9.67. The Balaban J connectivity index is 1.49. The number of benzene rings is 1. The fourth-order valence-electron chi connectivity index (χ4n) is 6.64. The predicted octanol–water partition coefficient (Wildman–Crippen LogP) is 3.39. The van der Waals surface area contributed by atoms with Crippen molar-refractivity contribution in [1.82, 2.24) is 19.5 Å². The molecule has 3 heterocycles. The van der Waals surface area contributed by atoms with Gasteiger partial charge >= 0.3 is 6.09 Å². The van der Waals surface area contributed by atoms with Gasteiger partial charge in [-0.05, 0) is 46.1 Å². The zero-order chi connectivity index (χ0) is 29.8. The second-order valence-electron chi connectivity index (χ2n) is 12.9. The van der Waals surface area contributed by atoms with Gasteiger partial charge in [-0.2, -0.15) is 5.26 Å². The van der Waals surface area contributed by atoms with Crippen LogP contribution in [0.15, 0.2) is 29.4 Å². The maximum Gasteiger partial charge on any atom is 0.410 e. The van der Waals surface area contributed by atoms with Crippen LogP contribution in [0, 0.1) is 22.0 Å². The van der Waals surface area contributed by atoms with E-state index in [1.807, 2.05) is 29.2 Å². The predicted molar refractivity (Wildman–Crippen MR) is 155 cm³/mol. The summed E-state index contributed by atoms with van der Waals surface area (Å²) < 4.78 is 30.5. The lowest BCUT2D eigenvalue weighted by molar-refractivity contribution is 0.0144. The number of rotatable bonds is 3. The molecule has 0 N–H and O–H groups in total. The molecule has 41 heavy (non-hydrogen) atoms. The Morgan fingerprint density at radius 3 is 2.66 bits per heavy atom. The Kier molecular flexibility index (Phi) is 7.29. The van der Waals surface area contributed by atoms with E-state index < -0.39 is 32.2 Å². The third-order valence-electron chi connectivity index (χ3n) is 8.27. The maximum atomic E-state index is 13.7. The normalized spacial score (nSPS) is 26.2. The van der Waals surface area contributed by atoms with Crippen molar-refractivity contribution in [3.63, 3.8) is 0 Å². The number of sulfone groups is 1. The van der Waals surface area contributed by atoms with Crippen molar-refractivity contribution in [2.45, 2.75) is 69.7 Å². The van der Waals surface area contributed by atoms with Gasteiger partial charge in [-0.15, -0.1) is 0 Å². The van der Waals surface area contributed by atoms with Gasteiger partial charge in [0, 0.05) is 48.9 Å². The van der Waals surface area contributed by atoms with Crippen LogP contribution in [-0.4, -0.2) is 80.5 Å². The van der Waals surface area contributed by atoms with Gasteiger partial charge in [-0.3, -0.25) is 0 Å². The molecule has 2 aromatic rings. The first-order valence-electron chi connectivity index (χ1n) is 14.0. The summed E-state index contributed by atoms with van der Waals surface area (Å²) in [6, 6.07) is 9.47. The van der Waals surface area contributed by atoms with Crippen molar-refractivity contribution in [2.75, 3.05) is 44.4 Å². The second kappa shape index (κ2) is 10.2. The van der Waals surface area contributed by atoms with Gasteiger partial charge in [0.2, 0.25) is 15.0 Å². The second-order valence-corrected chi connectivity index (χ2v) is 14.8. The van der Waals surface area contributed by atoms with Crippen molar-refractivity contribution in [3.8, 4) is 6.07 Å². The zero-order valence-electron chi connectivity index (χ0n) is 24.4. The first-order chi connectivity index (χ1) is 19.1. The first-order valence-corrected chi connectivity index (χ1v) is 15.9. The highest BCUT2D eigenvalue weighted by Gasteiger charge is 2.46. The molecule has 1 fully saturated rings. The van der Waals surface area contributed by atoms with E-state index in [1.54, 1.807) is 32.7 Å². The number of carbonyl (C=O) groups is 1. The van der Waals surface area contributed by atoms with E-state index in [9.17, 15) is 23.7 Å². The van der Waals surface area contributed by atoms with Crippen molar-refractivity contribution < 1.29 is 17.9 Å². The molecule has 12 heteroatoms. The van der Waals surface area contributed by atoms with E-state index in [4.69, 9.17) is 4.74 Å². The molecule has 5 rings (SSSR count). The Bertz CT molecular complexity index is 1510. The third-order valence-corrected chi connectivity index (χ3v) is 9.12. The molecule has 11 nitrogen and oxygen atoms in total. The molecule has 1 saturated heterocycles. The SMILES string of the molecule is CC(C)(C)OC(=O)N1CCN(c2nc(S(C)(=O)=O)nc3c2CCC2(Cc4ccccc4[N@+](C)([O-])C2)C3)C[C@@H]1CC#N. The number of hydroxylamine groups is 2. The van der Waals surface area contributed by atoms with Crippen molar-refractivity contribution in [2.24, 2.45) is 5.41 Å². The molecule has 0 radical (unpaired) electrons. The van der Waals surface area contributed by atoms with Gasteiger partial charge in [0.05, 0.1) is 37.8 Å². The largest absolute Gasteiger partial charge is 0.628 e. The molecule has 1 amide bonds.